The molecule has 0 N–H and O–H groups in total. The number of rotatable bonds is 5. The van der Waals surface area contributed by atoms with Crippen LogP contribution in [0.15, 0.2) is 24.3 Å². The van der Waals surface area contributed by atoms with E-state index in [1.807, 2.05) is 31.0 Å². The summed E-state index contributed by atoms with van der Waals surface area (Å²) in [6, 6.07) is 7.03. The molecule has 0 aromatic heterocycles. The minimum absolute atomic E-state index is 0.117. The van der Waals surface area contributed by atoms with Gasteiger partial charge >= 0.3 is 11.9 Å². The van der Waals surface area contributed by atoms with Crippen LogP contribution in [-0.4, -0.2) is 39.2 Å². The highest BCUT2D eigenvalue weighted by Gasteiger charge is 2.26. The smallest absolute Gasteiger partial charge is 0.339 e. The van der Waals surface area contributed by atoms with E-state index >= 15 is 0 Å². The van der Waals surface area contributed by atoms with Crippen LogP contribution in [0.5, 0.6) is 0 Å². The molecule has 0 heterocycles. The van der Waals surface area contributed by atoms with Crippen molar-refractivity contribution in [3.63, 3.8) is 0 Å². The van der Waals surface area contributed by atoms with Crippen LogP contribution in [0.2, 0.25) is 0 Å². The molecule has 0 saturated heterocycles. The van der Waals surface area contributed by atoms with Gasteiger partial charge in [-0.15, -0.1) is 0 Å². The largest absolute Gasteiger partial charge is 0.469 e. The fourth-order valence-corrected chi connectivity index (χ4v) is 2.00. The molecule has 0 saturated carbocycles. The standard InChI is InChI=1S/C15H21NO4/c1-10(14(17)19-4)11(2)16(3)13-9-7-6-8-12(13)15(18)20-5/h6-11H,1-5H3. The average molecular weight is 279 g/mol. The summed E-state index contributed by atoms with van der Waals surface area (Å²) in [6.45, 7) is 3.71. The molecule has 0 fully saturated rings. The quantitative estimate of drug-likeness (QED) is 0.773. The van der Waals surface area contributed by atoms with Gasteiger partial charge in [0.2, 0.25) is 0 Å². The number of anilines is 1. The third-order valence-electron chi connectivity index (χ3n) is 3.60. The van der Waals surface area contributed by atoms with Crippen molar-refractivity contribution < 1.29 is 19.1 Å². The molecule has 0 aliphatic heterocycles. The predicted octanol–water partition coefficient (Wildman–Crippen LogP) is 2.11. The summed E-state index contributed by atoms with van der Waals surface area (Å²) < 4.78 is 9.54. The lowest BCUT2D eigenvalue weighted by Crippen LogP contribution is -2.39. The molecule has 0 spiro atoms. The van der Waals surface area contributed by atoms with Crippen molar-refractivity contribution in [2.75, 3.05) is 26.2 Å². The molecule has 0 radical (unpaired) electrons. The third-order valence-corrected chi connectivity index (χ3v) is 3.60. The van der Waals surface area contributed by atoms with E-state index in [4.69, 9.17) is 9.47 Å². The van der Waals surface area contributed by atoms with Crippen LogP contribution in [-0.2, 0) is 14.3 Å². The van der Waals surface area contributed by atoms with Gasteiger partial charge in [0.1, 0.15) is 0 Å². The van der Waals surface area contributed by atoms with E-state index in [9.17, 15) is 9.59 Å². The molecule has 0 aliphatic carbocycles. The summed E-state index contributed by atoms with van der Waals surface area (Å²) in [5.74, 6) is -0.985. The van der Waals surface area contributed by atoms with Crippen molar-refractivity contribution in [3.8, 4) is 0 Å². The molecular formula is C15H21NO4. The molecule has 1 aromatic carbocycles. The number of ether oxygens (including phenoxy) is 2. The van der Waals surface area contributed by atoms with Crippen LogP contribution < -0.4 is 4.90 Å². The number of esters is 2. The Morgan fingerprint density at radius 1 is 1.10 bits per heavy atom. The molecule has 20 heavy (non-hydrogen) atoms. The summed E-state index contributed by atoms with van der Waals surface area (Å²) in [5, 5.41) is 0. The first-order chi connectivity index (χ1) is 9.43. The Bertz CT molecular complexity index is 487. The zero-order chi connectivity index (χ0) is 15.3. The number of carbonyl (C=O) groups excluding carboxylic acids is 2. The maximum absolute atomic E-state index is 11.8. The van der Waals surface area contributed by atoms with Crippen molar-refractivity contribution in [1.82, 2.24) is 0 Å². The number of carbonyl (C=O) groups is 2. The van der Waals surface area contributed by atoms with Crippen LogP contribution in [0.25, 0.3) is 0 Å². The molecule has 110 valence electrons. The topological polar surface area (TPSA) is 55.8 Å². The molecule has 0 amide bonds. The predicted molar refractivity (Wildman–Crippen MR) is 76.8 cm³/mol. The van der Waals surface area contributed by atoms with Crippen molar-refractivity contribution >= 4 is 17.6 Å². The molecular weight excluding hydrogens is 258 g/mol. The van der Waals surface area contributed by atoms with Crippen molar-refractivity contribution in [3.05, 3.63) is 29.8 Å². The average Bonchev–Trinajstić information content (AvgIpc) is 2.50. The molecule has 0 bridgehead atoms. The van der Waals surface area contributed by atoms with Crippen molar-refractivity contribution in [2.45, 2.75) is 19.9 Å². The Balaban J connectivity index is 3.05. The fraction of sp³-hybridized carbons (Fsp3) is 0.467. The molecule has 2 atom stereocenters. The molecule has 5 nitrogen and oxygen atoms in total. The summed E-state index contributed by atoms with van der Waals surface area (Å²) in [6.07, 6.45) is 0. The van der Waals surface area contributed by atoms with Crippen LogP contribution in [0.4, 0.5) is 5.69 Å². The zero-order valence-corrected chi connectivity index (χ0v) is 12.5. The van der Waals surface area contributed by atoms with Gasteiger partial charge in [-0.05, 0) is 26.0 Å². The highest BCUT2D eigenvalue weighted by molar-refractivity contribution is 5.95. The van der Waals surface area contributed by atoms with Crippen molar-refractivity contribution in [2.24, 2.45) is 5.92 Å². The highest BCUT2D eigenvalue weighted by Crippen LogP contribution is 2.24. The maximum Gasteiger partial charge on any atom is 0.339 e. The Labute approximate surface area is 119 Å². The Kier molecular flexibility index (Phi) is 5.55. The van der Waals surface area contributed by atoms with E-state index in [1.165, 1.54) is 14.2 Å². The number of hydrogen-bond donors (Lipinski definition) is 0. The first-order valence-electron chi connectivity index (χ1n) is 6.42. The number of nitrogens with zero attached hydrogens (tertiary/aromatic N) is 1. The van der Waals surface area contributed by atoms with Gasteiger partial charge < -0.3 is 14.4 Å². The summed E-state index contributed by atoms with van der Waals surface area (Å²) in [7, 11) is 4.56. The number of methoxy groups -OCH3 is 2. The van der Waals surface area contributed by atoms with Crippen LogP contribution in [0, 0.1) is 5.92 Å². The first kappa shape index (κ1) is 16.0. The van der Waals surface area contributed by atoms with Gasteiger partial charge in [-0.25, -0.2) is 4.79 Å². The van der Waals surface area contributed by atoms with Crippen molar-refractivity contribution in [1.29, 1.82) is 0 Å². The summed E-state index contributed by atoms with van der Waals surface area (Å²) in [4.78, 5) is 25.3. The van der Waals surface area contributed by atoms with Gasteiger partial charge in [0, 0.05) is 13.1 Å². The van der Waals surface area contributed by atoms with E-state index in [0.29, 0.717) is 5.56 Å². The molecule has 0 aliphatic rings. The SMILES string of the molecule is COC(=O)c1ccccc1N(C)C(C)C(C)C(=O)OC. The van der Waals surface area contributed by atoms with Gasteiger partial charge in [-0.2, -0.15) is 0 Å². The van der Waals surface area contributed by atoms with Crippen LogP contribution in [0.3, 0.4) is 0 Å². The van der Waals surface area contributed by atoms with E-state index in [1.54, 1.807) is 19.1 Å². The summed E-state index contributed by atoms with van der Waals surface area (Å²) in [5.41, 5.74) is 1.20. The van der Waals surface area contributed by atoms with E-state index in [2.05, 4.69) is 0 Å². The monoisotopic (exact) mass is 279 g/mol. The normalized spacial score (nSPS) is 13.2. The molecule has 5 heteroatoms. The Morgan fingerprint density at radius 3 is 2.25 bits per heavy atom. The van der Waals surface area contributed by atoms with Crippen LogP contribution >= 0.6 is 0 Å². The van der Waals surface area contributed by atoms with Gasteiger partial charge in [-0.3, -0.25) is 4.79 Å². The Morgan fingerprint density at radius 2 is 1.70 bits per heavy atom. The molecule has 1 aromatic rings. The lowest BCUT2D eigenvalue weighted by atomic mass is 10.0. The first-order valence-corrected chi connectivity index (χ1v) is 6.42. The highest BCUT2D eigenvalue weighted by atomic mass is 16.5. The number of para-hydroxylation sites is 1. The Hall–Kier alpha value is -2.04. The maximum atomic E-state index is 11.8. The molecule has 1 rings (SSSR count). The molecule has 2 unspecified atom stereocenters. The van der Waals surface area contributed by atoms with E-state index in [0.717, 1.165) is 5.69 Å². The summed E-state index contributed by atoms with van der Waals surface area (Å²) >= 11 is 0. The second-order valence-electron chi connectivity index (χ2n) is 4.67. The van der Waals surface area contributed by atoms with Gasteiger partial charge in [0.15, 0.2) is 0 Å². The van der Waals surface area contributed by atoms with Gasteiger partial charge in [0.25, 0.3) is 0 Å². The third kappa shape index (κ3) is 3.29. The van der Waals surface area contributed by atoms with Gasteiger partial charge in [-0.1, -0.05) is 12.1 Å². The second kappa shape index (κ2) is 6.93. The number of benzene rings is 1. The minimum atomic E-state index is -0.398. The van der Waals surface area contributed by atoms with E-state index < -0.39 is 5.97 Å². The van der Waals surface area contributed by atoms with Gasteiger partial charge in [0.05, 0.1) is 31.4 Å². The van der Waals surface area contributed by atoms with Crippen LogP contribution in [0.1, 0.15) is 24.2 Å². The second-order valence-corrected chi connectivity index (χ2v) is 4.67. The minimum Gasteiger partial charge on any atom is -0.469 e. The zero-order valence-electron chi connectivity index (χ0n) is 12.5. The lowest BCUT2D eigenvalue weighted by molar-refractivity contribution is -0.145. The van der Waals surface area contributed by atoms with E-state index in [-0.39, 0.29) is 17.9 Å². The number of hydrogen-bond acceptors (Lipinski definition) is 5. The fourth-order valence-electron chi connectivity index (χ4n) is 2.00. The lowest BCUT2D eigenvalue weighted by Gasteiger charge is -2.31.